The molecule has 0 unspecified atom stereocenters. The number of nitrogens with two attached hydrogens (primary N) is 1. The van der Waals surface area contributed by atoms with Crippen molar-refractivity contribution >= 4 is 5.91 Å². The topological polar surface area (TPSA) is 112 Å². The summed E-state index contributed by atoms with van der Waals surface area (Å²) >= 11 is 0. The molecule has 1 amide bonds. The molecule has 3 N–H and O–H groups in total. The largest absolute Gasteiger partial charge is 0.361 e. The molecule has 0 saturated heterocycles. The SMILES string of the molecule is Cc1nc([C@@H](N)C(C)C)n(CC(=O)NCCCc2c(C)noc2C)n1. The Morgan fingerprint density at radius 2 is 2.04 bits per heavy atom. The van der Waals surface area contributed by atoms with Gasteiger partial charge in [0, 0.05) is 12.1 Å². The minimum absolute atomic E-state index is 0.0964. The van der Waals surface area contributed by atoms with E-state index in [4.69, 9.17) is 10.3 Å². The van der Waals surface area contributed by atoms with Gasteiger partial charge >= 0.3 is 0 Å². The van der Waals surface area contributed by atoms with Crippen molar-refractivity contribution in [3.8, 4) is 0 Å². The summed E-state index contributed by atoms with van der Waals surface area (Å²) in [5.41, 5.74) is 8.19. The molecule has 0 radical (unpaired) electrons. The van der Waals surface area contributed by atoms with E-state index < -0.39 is 0 Å². The van der Waals surface area contributed by atoms with Gasteiger partial charge in [0.15, 0.2) is 0 Å². The lowest BCUT2D eigenvalue weighted by molar-refractivity contribution is -0.121. The second kappa shape index (κ2) is 8.24. The maximum absolute atomic E-state index is 12.2. The van der Waals surface area contributed by atoms with Crippen LogP contribution < -0.4 is 11.1 Å². The number of hydrogen-bond donors (Lipinski definition) is 2. The van der Waals surface area contributed by atoms with Crippen molar-refractivity contribution in [2.24, 2.45) is 11.7 Å². The minimum Gasteiger partial charge on any atom is -0.361 e. The number of carbonyl (C=O) groups excluding carboxylic acids is 1. The Bertz CT molecular complexity index is 699. The number of hydrogen-bond acceptors (Lipinski definition) is 6. The van der Waals surface area contributed by atoms with Gasteiger partial charge in [-0.25, -0.2) is 9.67 Å². The van der Waals surface area contributed by atoms with Crippen LogP contribution in [0, 0.1) is 26.7 Å². The second-order valence-corrected chi connectivity index (χ2v) is 6.70. The van der Waals surface area contributed by atoms with Crippen molar-refractivity contribution < 1.29 is 9.32 Å². The number of nitrogens with one attached hydrogen (secondary N) is 1. The molecular formula is C17H28N6O2. The molecule has 25 heavy (non-hydrogen) atoms. The summed E-state index contributed by atoms with van der Waals surface area (Å²) in [6, 6.07) is -0.242. The zero-order valence-electron chi connectivity index (χ0n) is 15.7. The zero-order valence-corrected chi connectivity index (χ0v) is 15.7. The highest BCUT2D eigenvalue weighted by Crippen LogP contribution is 2.17. The average Bonchev–Trinajstić information content (AvgIpc) is 3.06. The maximum Gasteiger partial charge on any atom is 0.241 e. The Balaban J connectivity index is 1.85. The van der Waals surface area contributed by atoms with Crippen LogP contribution in [0.4, 0.5) is 0 Å². The van der Waals surface area contributed by atoms with Gasteiger partial charge in [0.1, 0.15) is 24.0 Å². The molecule has 0 fully saturated rings. The first-order valence-corrected chi connectivity index (χ1v) is 8.65. The molecule has 0 saturated carbocycles. The van der Waals surface area contributed by atoms with Crippen LogP contribution in [0.25, 0.3) is 0 Å². The summed E-state index contributed by atoms with van der Waals surface area (Å²) in [6.45, 7) is 10.4. The van der Waals surface area contributed by atoms with Crippen molar-refractivity contribution in [1.29, 1.82) is 0 Å². The first-order valence-electron chi connectivity index (χ1n) is 8.65. The Labute approximate surface area is 148 Å². The van der Waals surface area contributed by atoms with Crippen LogP contribution in [-0.4, -0.2) is 32.4 Å². The summed E-state index contributed by atoms with van der Waals surface area (Å²) in [5, 5.41) is 11.1. The Morgan fingerprint density at radius 1 is 1.32 bits per heavy atom. The van der Waals surface area contributed by atoms with Gasteiger partial charge in [-0.05, 0) is 39.5 Å². The van der Waals surface area contributed by atoms with E-state index in [2.05, 4.69) is 20.6 Å². The quantitative estimate of drug-likeness (QED) is 0.701. The fourth-order valence-corrected chi connectivity index (χ4v) is 2.68. The van der Waals surface area contributed by atoms with Crippen LogP contribution in [0.3, 0.4) is 0 Å². The average molecular weight is 348 g/mol. The highest BCUT2D eigenvalue weighted by molar-refractivity contribution is 5.75. The van der Waals surface area contributed by atoms with Gasteiger partial charge in [-0.15, -0.1) is 0 Å². The van der Waals surface area contributed by atoms with Crippen LogP contribution >= 0.6 is 0 Å². The zero-order chi connectivity index (χ0) is 18.6. The third-order valence-corrected chi connectivity index (χ3v) is 4.22. The normalized spacial score (nSPS) is 12.6. The lowest BCUT2D eigenvalue weighted by Gasteiger charge is -2.15. The smallest absolute Gasteiger partial charge is 0.241 e. The number of rotatable bonds is 8. The molecular weight excluding hydrogens is 320 g/mol. The van der Waals surface area contributed by atoms with Crippen molar-refractivity contribution in [3.05, 3.63) is 28.7 Å². The van der Waals surface area contributed by atoms with Crippen LogP contribution in [0.1, 0.15) is 55.0 Å². The van der Waals surface area contributed by atoms with E-state index in [1.807, 2.05) is 27.7 Å². The predicted molar refractivity (Wildman–Crippen MR) is 93.8 cm³/mol. The number of amides is 1. The predicted octanol–water partition coefficient (Wildman–Crippen LogP) is 1.60. The number of aryl methyl sites for hydroxylation is 3. The van der Waals surface area contributed by atoms with Gasteiger partial charge < -0.3 is 15.6 Å². The summed E-state index contributed by atoms with van der Waals surface area (Å²) < 4.78 is 6.74. The molecule has 0 bridgehead atoms. The van der Waals surface area contributed by atoms with E-state index in [0.717, 1.165) is 29.9 Å². The molecule has 0 aliphatic rings. The van der Waals surface area contributed by atoms with Gasteiger partial charge in [0.2, 0.25) is 5.91 Å². The monoisotopic (exact) mass is 348 g/mol. The molecule has 0 aromatic carbocycles. The minimum atomic E-state index is -0.242. The molecule has 1 atom stereocenters. The number of nitrogens with zero attached hydrogens (tertiary/aromatic N) is 4. The first kappa shape index (κ1) is 19.1. The van der Waals surface area contributed by atoms with E-state index in [9.17, 15) is 4.79 Å². The van der Waals surface area contributed by atoms with Crippen molar-refractivity contribution in [1.82, 2.24) is 25.2 Å². The number of carbonyl (C=O) groups is 1. The fraction of sp³-hybridized carbons (Fsp3) is 0.647. The second-order valence-electron chi connectivity index (χ2n) is 6.70. The van der Waals surface area contributed by atoms with Crippen LogP contribution in [0.5, 0.6) is 0 Å². The Morgan fingerprint density at radius 3 is 2.64 bits per heavy atom. The lowest BCUT2D eigenvalue weighted by Crippen LogP contribution is -2.31. The summed E-state index contributed by atoms with van der Waals surface area (Å²) in [5.74, 6) is 2.24. The van der Waals surface area contributed by atoms with Gasteiger partial charge in [-0.2, -0.15) is 5.10 Å². The fourth-order valence-electron chi connectivity index (χ4n) is 2.68. The standard InChI is InChI=1S/C17H28N6O2/c1-10(2)16(18)17-20-13(5)21-23(17)9-15(24)19-8-6-7-14-11(3)22-25-12(14)4/h10,16H,6-9,18H2,1-5H3,(H,19,24)/t16-/m0/s1. The van der Waals surface area contributed by atoms with Crippen molar-refractivity contribution in [3.63, 3.8) is 0 Å². The summed E-state index contributed by atoms with van der Waals surface area (Å²) in [4.78, 5) is 16.6. The molecule has 2 heterocycles. The summed E-state index contributed by atoms with van der Waals surface area (Å²) in [6.07, 6.45) is 1.65. The highest BCUT2D eigenvalue weighted by atomic mass is 16.5. The lowest BCUT2D eigenvalue weighted by atomic mass is 10.1. The number of aromatic nitrogens is 4. The molecule has 2 aromatic heterocycles. The molecule has 0 spiro atoms. The van der Waals surface area contributed by atoms with Crippen molar-refractivity contribution in [2.45, 2.75) is 60.0 Å². The van der Waals surface area contributed by atoms with Gasteiger partial charge in [0.25, 0.3) is 0 Å². The van der Waals surface area contributed by atoms with Crippen LogP contribution in [0.15, 0.2) is 4.52 Å². The first-order chi connectivity index (χ1) is 11.8. The Kier molecular flexibility index (Phi) is 6.30. The van der Waals surface area contributed by atoms with Crippen LogP contribution in [-0.2, 0) is 17.8 Å². The van der Waals surface area contributed by atoms with E-state index in [1.165, 1.54) is 0 Å². The maximum atomic E-state index is 12.2. The van der Waals surface area contributed by atoms with E-state index in [-0.39, 0.29) is 24.4 Å². The van der Waals surface area contributed by atoms with Gasteiger partial charge in [-0.1, -0.05) is 19.0 Å². The van der Waals surface area contributed by atoms with E-state index in [1.54, 1.807) is 11.6 Å². The molecule has 8 nitrogen and oxygen atoms in total. The van der Waals surface area contributed by atoms with Crippen molar-refractivity contribution in [2.75, 3.05) is 6.54 Å². The molecule has 2 rings (SSSR count). The van der Waals surface area contributed by atoms with Gasteiger partial charge in [0.05, 0.1) is 11.7 Å². The van der Waals surface area contributed by atoms with Gasteiger partial charge in [-0.3, -0.25) is 4.79 Å². The Hall–Kier alpha value is -2.22. The molecule has 2 aromatic rings. The third kappa shape index (κ3) is 4.88. The molecule has 138 valence electrons. The molecule has 8 heteroatoms. The van der Waals surface area contributed by atoms with E-state index in [0.29, 0.717) is 18.2 Å². The van der Waals surface area contributed by atoms with Crippen LogP contribution in [0.2, 0.25) is 0 Å². The highest BCUT2D eigenvalue weighted by Gasteiger charge is 2.20. The molecule has 0 aliphatic heterocycles. The third-order valence-electron chi connectivity index (χ3n) is 4.22. The summed E-state index contributed by atoms with van der Waals surface area (Å²) in [7, 11) is 0. The van der Waals surface area contributed by atoms with E-state index >= 15 is 0 Å². The molecule has 0 aliphatic carbocycles.